The van der Waals surface area contributed by atoms with Crippen LogP contribution in [0.3, 0.4) is 0 Å². The Morgan fingerprint density at radius 1 is 1.20 bits per heavy atom. The molecule has 15 heavy (non-hydrogen) atoms. The molecule has 0 spiro atoms. The molecule has 0 saturated carbocycles. The summed E-state index contributed by atoms with van der Waals surface area (Å²) in [4.78, 5) is 13.8. The van der Waals surface area contributed by atoms with Crippen molar-refractivity contribution in [2.45, 2.75) is 58.9 Å². The number of hydrogen-bond acceptors (Lipinski definition) is 2. The van der Waals surface area contributed by atoms with E-state index < -0.39 is 0 Å². The Hall–Kier alpha value is -0.570. The van der Waals surface area contributed by atoms with Crippen molar-refractivity contribution in [2.24, 2.45) is 5.73 Å². The van der Waals surface area contributed by atoms with Crippen LogP contribution in [0.1, 0.15) is 53.4 Å². The van der Waals surface area contributed by atoms with E-state index in [2.05, 4.69) is 13.8 Å². The van der Waals surface area contributed by atoms with Gasteiger partial charge in [-0.2, -0.15) is 0 Å². The van der Waals surface area contributed by atoms with E-state index in [0.29, 0.717) is 6.42 Å². The van der Waals surface area contributed by atoms with Crippen LogP contribution in [0.15, 0.2) is 0 Å². The van der Waals surface area contributed by atoms with E-state index in [4.69, 9.17) is 5.73 Å². The third-order valence-corrected chi connectivity index (χ3v) is 2.32. The molecule has 0 rings (SSSR count). The molecule has 0 aliphatic rings. The molecule has 0 aliphatic carbocycles. The van der Waals surface area contributed by atoms with Gasteiger partial charge in [0.1, 0.15) is 0 Å². The molecule has 0 heterocycles. The van der Waals surface area contributed by atoms with E-state index in [-0.39, 0.29) is 11.4 Å². The van der Waals surface area contributed by atoms with E-state index in [9.17, 15) is 4.79 Å². The average molecular weight is 214 g/mol. The second kappa shape index (κ2) is 6.83. The predicted molar refractivity (Wildman–Crippen MR) is 64.7 cm³/mol. The van der Waals surface area contributed by atoms with E-state index in [0.717, 1.165) is 32.4 Å². The minimum Gasteiger partial charge on any atom is -0.343 e. The molecule has 0 unspecified atom stereocenters. The van der Waals surface area contributed by atoms with Gasteiger partial charge in [-0.05, 0) is 33.1 Å². The fraction of sp³-hybridized carbons (Fsp3) is 0.917. The summed E-state index contributed by atoms with van der Waals surface area (Å²) in [6.45, 7) is 9.87. The molecule has 0 fully saturated rings. The third-order valence-electron chi connectivity index (χ3n) is 2.32. The molecule has 2 N–H and O–H groups in total. The first-order chi connectivity index (χ1) is 6.90. The molecule has 0 atom stereocenters. The Bertz CT molecular complexity index is 179. The van der Waals surface area contributed by atoms with Crippen LogP contribution < -0.4 is 5.73 Å². The zero-order valence-electron chi connectivity index (χ0n) is 10.7. The lowest BCUT2D eigenvalue weighted by Gasteiger charge is -2.24. The largest absolute Gasteiger partial charge is 0.343 e. The lowest BCUT2D eigenvalue weighted by Crippen LogP contribution is -2.37. The normalized spacial score (nSPS) is 11.5. The van der Waals surface area contributed by atoms with E-state index in [1.54, 1.807) is 0 Å². The molecule has 0 aliphatic heterocycles. The van der Waals surface area contributed by atoms with Crippen LogP contribution in [-0.4, -0.2) is 29.4 Å². The second-order valence-electron chi connectivity index (χ2n) is 4.87. The number of nitrogens with zero attached hydrogens (tertiary/aromatic N) is 1. The molecule has 0 aromatic rings. The SMILES string of the molecule is CCCN(CCC)C(=O)CCC(C)(C)N. The van der Waals surface area contributed by atoms with Crippen LogP contribution in [0.2, 0.25) is 0 Å². The fourth-order valence-corrected chi connectivity index (χ4v) is 1.49. The standard InChI is InChI=1S/C12H26N2O/c1-5-9-14(10-6-2)11(15)7-8-12(3,4)13/h5-10,13H2,1-4H3. The Morgan fingerprint density at radius 2 is 1.67 bits per heavy atom. The molecule has 0 radical (unpaired) electrons. The maximum absolute atomic E-state index is 11.8. The van der Waals surface area contributed by atoms with Gasteiger partial charge in [0.25, 0.3) is 0 Å². The molecule has 0 aromatic carbocycles. The number of carbonyl (C=O) groups is 1. The van der Waals surface area contributed by atoms with E-state index >= 15 is 0 Å². The van der Waals surface area contributed by atoms with Gasteiger partial charge in [-0.1, -0.05) is 13.8 Å². The van der Waals surface area contributed by atoms with Crippen LogP contribution in [0.5, 0.6) is 0 Å². The first kappa shape index (κ1) is 14.4. The summed E-state index contributed by atoms with van der Waals surface area (Å²) in [5, 5.41) is 0. The molecule has 0 bridgehead atoms. The second-order valence-corrected chi connectivity index (χ2v) is 4.87. The smallest absolute Gasteiger partial charge is 0.222 e. The van der Waals surface area contributed by atoms with Crippen LogP contribution in [0, 0.1) is 0 Å². The Morgan fingerprint density at radius 3 is 2.00 bits per heavy atom. The van der Waals surface area contributed by atoms with Gasteiger partial charge in [0, 0.05) is 25.0 Å². The maximum Gasteiger partial charge on any atom is 0.222 e. The lowest BCUT2D eigenvalue weighted by atomic mass is 9.99. The van der Waals surface area contributed by atoms with Crippen molar-refractivity contribution >= 4 is 5.91 Å². The van der Waals surface area contributed by atoms with Crippen LogP contribution >= 0.6 is 0 Å². The number of hydrogen-bond donors (Lipinski definition) is 1. The lowest BCUT2D eigenvalue weighted by molar-refractivity contribution is -0.131. The molecule has 3 heteroatoms. The molecule has 0 saturated heterocycles. The summed E-state index contributed by atoms with van der Waals surface area (Å²) in [7, 11) is 0. The minimum atomic E-state index is -0.236. The molecule has 3 nitrogen and oxygen atoms in total. The predicted octanol–water partition coefficient (Wildman–Crippen LogP) is 2.15. The van der Waals surface area contributed by atoms with Gasteiger partial charge in [-0.15, -0.1) is 0 Å². The summed E-state index contributed by atoms with van der Waals surface area (Å²) in [6.07, 6.45) is 3.38. The number of amides is 1. The van der Waals surface area contributed by atoms with Crippen molar-refractivity contribution in [3.63, 3.8) is 0 Å². The molecular weight excluding hydrogens is 188 g/mol. The van der Waals surface area contributed by atoms with Crippen LogP contribution in [0.4, 0.5) is 0 Å². The number of nitrogens with two attached hydrogens (primary N) is 1. The van der Waals surface area contributed by atoms with Gasteiger partial charge in [0.15, 0.2) is 0 Å². The van der Waals surface area contributed by atoms with Crippen molar-refractivity contribution in [2.75, 3.05) is 13.1 Å². The first-order valence-corrected chi connectivity index (χ1v) is 5.97. The maximum atomic E-state index is 11.8. The monoisotopic (exact) mass is 214 g/mol. The summed E-state index contributed by atoms with van der Waals surface area (Å²) in [5.41, 5.74) is 5.62. The molecular formula is C12H26N2O. The minimum absolute atomic E-state index is 0.236. The average Bonchev–Trinajstić information content (AvgIpc) is 2.13. The van der Waals surface area contributed by atoms with Crippen molar-refractivity contribution < 1.29 is 4.79 Å². The summed E-state index contributed by atoms with van der Waals surface area (Å²) >= 11 is 0. The van der Waals surface area contributed by atoms with E-state index in [1.165, 1.54) is 0 Å². The van der Waals surface area contributed by atoms with Gasteiger partial charge in [-0.3, -0.25) is 4.79 Å². The van der Waals surface area contributed by atoms with Crippen molar-refractivity contribution in [1.82, 2.24) is 4.90 Å². The van der Waals surface area contributed by atoms with Gasteiger partial charge in [0.05, 0.1) is 0 Å². The number of carbonyl (C=O) groups excluding carboxylic acids is 1. The van der Waals surface area contributed by atoms with Gasteiger partial charge in [-0.25, -0.2) is 0 Å². The Labute approximate surface area is 94.0 Å². The van der Waals surface area contributed by atoms with Gasteiger partial charge < -0.3 is 10.6 Å². The van der Waals surface area contributed by atoms with Crippen LogP contribution in [0.25, 0.3) is 0 Å². The zero-order valence-corrected chi connectivity index (χ0v) is 10.7. The quantitative estimate of drug-likeness (QED) is 0.706. The van der Waals surface area contributed by atoms with Crippen LogP contribution in [-0.2, 0) is 4.79 Å². The van der Waals surface area contributed by atoms with Gasteiger partial charge >= 0.3 is 0 Å². The molecule has 1 amide bonds. The third kappa shape index (κ3) is 7.37. The van der Waals surface area contributed by atoms with Crippen molar-refractivity contribution in [3.05, 3.63) is 0 Å². The highest BCUT2D eigenvalue weighted by Gasteiger charge is 2.16. The highest BCUT2D eigenvalue weighted by molar-refractivity contribution is 5.76. The number of rotatable bonds is 7. The summed E-state index contributed by atoms with van der Waals surface area (Å²) in [5.74, 6) is 0.247. The van der Waals surface area contributed by atoms with Crippen molar-refractivity contribution in [1.29, 1.82) is 0 Å². The Balaban J connectivity index is 4.02. The first-order valence-electron chi connectivity index (χ1n) is 5.97. The van der Waals surface area contributed by atoms with Crippen molar-refractivity contribution in [3.8, 4) is 0 Å². The van der Waals surface area contributed by atoms with Gasteiger partial charge in [0.2, 0.25) is 5.91 Å². The summed E-state index contributed by atoms with van der Waals surface area (Å²) in [6, 6.07) is 0. The zero-order chi connectivity index (χ0) is 11.9. The highest BCUT2D eigenvalue weighted by Crippen LogP contribution is 2.09. The highest BCUT2D eigenvalue weighted by atomic mass is 16.2. The molecule has 0 aromatic heterocycles. The topological polar surface area (TPSA) is 46.3 Å². The fourth-order valence-electron chi connectivity index (χ4n) is 1.49. The van der Waals surface area contributed by atoms with E-state index in [1.807, 2.05) is 18.7 Å². The Kier molecular flexibility index (Phi) is 6.57. The molecule has 90 valence electrons. The summed E-state index contributed by atoms with van der Waals surface area (Å²) < 4.78 is 0.